The third kappa shape index (κ3) is 3.46. The zero-order valence-electron chi connectivity index (χ0n) is 11.1. The molecule has 100 valence electrons. The summed E-state index contributed by atoms with van der Waals surface area (Å²) in [6.07, 6.45) is 1.78. The highest BCUT2D eigenvalue weighted by Gasteiger charge is 2.06. The van der Waals surface area contributed by atoms with Crippen molar-refractivity contribution in [2.24, 2.45) is 0 Å². The molecule has 19 heavy (non-hydrogen) atoms. The predicted octanol–water partition coefficient (Wildman–Crippen LogP) is 3.65. The van der Waals surface area contributed by atoms with Gasteiger partial charge in [-0.15, -0.1) is 0 Å². The molecule has 0 saturated heterocycles. The number of nitrogens with two attached hydrogens (primary N) is 1. The molecule has 0 fully saturated rings. The average molecular weight is 277 g/mol. The lowest BCUT2D eigenvalue weighted by molar-refractivity contribution is 0.104. The van der Waals surface area contributed by atoms with Crippen molar-refractivity contribution in [1.82, 2.24) is 4.98 Å². The highest BCUT2D eigenvalue weighted by atomic mass is 35.5. The van der Waals surface area contributed by atoms with E-state index in [-0.39, 0.29) is 0 Å². The van der Waals surface area contributed by atoms with Crippen molar-refractivity contribution in [3.8, 4) is 0 Å². The number of halogens is 1. The molecule has 0 bridgehead atoms. The van der Waals surface area contributed by atoms with Crippen molar-refractivity contribution in [3.63, 3.8) is 0 Å². The van der Waals surface area contributed by atoms with Gasteiger partial charge in [0.05, 0.1) is 18.9 Å². The van der Waals surface area contributed by atoms with Gasteiger partial charge in [0.1, 0.15) is 0 Å². The molecule has 1 aromatic heterocycles. The summed E-state index contributed by atoms with van der Waals surface area (Å²) in [4.78, 5) is 4.36. The molecule has 0 atom stereocenters. The second-order valence-electron chi connectivity index (χ2n) is 4.55. The number of benzene rings is 1. The van der Waals surface area contributed by atoms with Crippen LogP contribution in [0.2, 0.25) is 5.02 Å². The number of rotatable bonds is 4. The first-order valence-electron chi connectivity index (χ1n) is 6.10. The molecule has 0 aliphatic rings. The second-order valence-corrected chi connectivity index (χ2v) is 4.98. The lowest BCUT2D eigenvalue weighted by Crippen LogP contribution is -2.04. The first kappa shape index (κ1) is 13.8. The molecule has 0 aliphatic heterocycles. The zero-order valence-corrected chi connectivity index (χ0v) is 11.9. The summed E-state index contributed by atoms with van der Waals surface area (Å²) in [7, 11) is 0. The van der Waals surface area contributed by atoms with E-state index >= 15 is 0 Å². The first-order chi connectivity index (χ1) is 9.08. The third-order valence-electron chi connectivity index (χ3n) is 3.10. The maximum atomic E-state index is 5.97. The number of pyridine rings is 1. The summed E-state index contributed by atoms with van der Waals surface area (Å²) in [5.41, 5.74) is 10.7. The summed E-state index contributed by atoms with van der Waals surface area (Å²) in [5.74, 6) is 0. The van der Waals surface area contributed by atoms with Crippen molar-refractivity contribution in [1.29, 1.82) is 0 Å². The van der Waals surface area contributed by atoms with Crippen LogP contribution in [0.15, 0.2) is 30.5 Å². The van der Waals surface area contributed by atoms with Crippen LogP contribution in [-0.2, 0) is 18.0 Å². The van der Waals surface area contributed by atoms with Gasteiger partial charge in [0.25, 0.3) is 0 Å². The van der Waals surface area contributed by atoms with E-state index in [4.69, 9.17) is 22.1 Å². The molecule has 2 aromatic rings. The van der Waals surface area contributed by atoms with E-state index in [1.54, 1.807) is 6.20 Å². The molecule has 1 aromatic carbocycles. The summed E-state index contributed by atoms with van der Waals surface area (Å²) in [6, 6.07) is 7.61. The number of aryl methyl sites for hydroxylation is 1. The molecule has 3 nitrogen and oxygen atoms in total. The molecule has 2 rings (SSSR count). The molecule has 0 spiro atoms. The second kappa shape index (κ2) is 6.04. The fraction of sp³-hybridized carbons (Fsp3) is 0.267. The van der Waals surface area contributed by atoms with Crippen LogP contribution < -0.4 is 5.73 Å². The summed E-state index contributed by atoms with van der Waals surface area (Å²) < 4.78 is 5.66. The number of nitrogens with zero attached hydrogens (tertiary/aromatic N) is 1. The van der Waals surface area contributed by atoms with E-state index in [1.807, 2.05) is 38.1 Å². The van der Waals surface area contributed by atoms with Crippen molar-refractivity contribution in [2.75, 3.05) is 5.73 Å². The third-order valence-corrected chi connectivity index (χ3v) is 3.35. The highest BCUT2D eigenvalue weighted by Crippen LogP contribution is 2.19. The lowest BCUT2D eigenvalue weighted by atomic mass is 10.1. The maximum Gasteiger partial charge on any atom is 0.0895 e. The van der Waals surface area contributed by atoms with E-state index in [0.29, 0.717) is 13.2 Å². The van der Waals surface area contributed by atoms with Gasteiger partial charge in [-0.05, 0) is 42.7 Å². The quantitative estimate of drug-likeness (QED) is 0.927. The number of ether oxygens (including phenoxy) is 1. The Morgan fingerprint density at radius 3 is 2.53 bits per heavy atom. The average Bonchev–Trinajstić information content (AvgIpc) is 2.41. The molecule has 4 heteroatoms. The largest absolute Gasteiger partial charge is 0.398 e. The van der Waals surface area contributed by atoms with Gasteiger partial charge in [0.15, 0.2) is 0 Å². The smallest absolute Gasteiger partial charge is 0.0895 e. The van der Waals surface area contributed by atoms with Gasteiger partial charge in [-0.25, -0.2) is 0 Å². The minimum Gasteiger partial charge on any atom is -0.398 e. The van der Waals surface area contributed by atoms with E-state index < -0.39 is 0 Å². The first-order valence-corrected chi connectivity index (χ1v) is 6.48. The Hall–Kier alpha value is -1.58. The molecule has 0 aliphatic carbocycles. The maximum absolute atomic E-state index is 5.97. The van der Waals surface area contributed by atoms with E-state index in [0.717, 1.165) is 33.1 Å². The molecule has 0 unspecified atom stereocenters. The van der Waals surface area contributed by atoms with Crippen LogP contribution in [0.5, 0.6) is 0 Å². The van der Waals surface area contributed by atoms with Gasteiger partial charge in [0, 0.05) is 16.9 Å². The van der Waals surface area contributed by atoms with Crippen LogP contribution >= 0.6 is 11.6 Å². The van der Waals surface area contributed by atoms with Crippen LogP contribution in [0.25, 0.3) is 0 Å². The Labute approximate surface area is 118 Å². The normalized spacial score (nSPS) is 10.7. The number of nitrogen functional groups attached to an aromatic ring is 1. The van der Waals surface area contributed by atoms with E-state index in [1.165, 1.54) is 0 Å². The lowest BCUT2D eigenvalue weighted by Gasteiger charge is -2.10. The van der Waals surface area contributed by atoms with Gasteiger partial charge in [-0.1, -0.05) is 23.7 Å². The molecular weight excluding hydrogens is 260 g/mol. The van der Waals surface area contributed by atoms with Crippen LogP contribution in [0.4, 0.5) is 5.69 Å². The van der Waals surface area contributed by atoms with Crippen molar-refractivity contribution < 1.29 is 4.74 Å². The number of hydrogen-bond donors (Lipinski definition) is 1. The van der Waals surface area contributed by atoms with Crippen molar-refractivity contribution in [2.45, 2.75) is 27.1 Å². The highest BCUT2D eigenvalue weighted by molar-refractivity contribution is 6.30. The minimum absolute atomic E-state index is 0.457. The Bertz CT molecular complexity index is 567. The van der Waals surface area contributed by atoms with Crippen LogP contribution in [0.1, 0.15) is 22.4 Å². The fourth-order valence-corrected chi connectivity index (χ4v) is 1.91. The number of aromatic nitrogens is 1. The summed E-state index contributed by atoms with van der Waals surface area (Å²) in [5, 5.41) is 0.729. The summed E-state index contributed by atoms with van der Waals surface area (Å²) >= 11 is 5.83. The predicted molar refractivity (Wildman–Crippen MR) is 78.1 cm³/mol. The molecular formula is C15H17ClN2O. The van der Waals surface area contributed by atoms with E-state index in [2.05, 4.69) is 4.98 Å². The molecule has 0 saturated carbocycles. The molecule has 0 radical (unpaired) electrons. The monoisotopic (exact) mass is 276 g/mol. The van der Waals surface area contributed by atoms with Crippen LogP contribution in [0.3, 0.4) is 0 Å². The summed E-state index contributed by atoms with van der Waals surface area (Å²) in [6.45, 7) is 4.91. The zero-order chi connectivity index (χ0) is 13.8. The van der Waals surface area contributed by atoms with E-state index in [9.17, 15) is 0 Å². The standard InChI is InChI=1S/C15H17ClN2O/c1-10-7-18-14(11(2)15(10)17)9-19-8-12-3-5-13(16)6-4-12/h3-7H,8-9H2,1-2H3,(H2,17,18). The molecule has 0 amide bonds. The number of hydrogen-bond acceptors (Lipinski definition) is 3. The topological polar surface area (TPSA) is 48.1 Å². The van der Waals surface area contributed by atoms with Crippen LogP contribution in [-0.4, -0.2) is 4.98 Å². The number of anilines is 1. The van der Waals surface area contributed by atoms with Gasteiger partial charge >= 0.3 is 0 Å². The molecule has 2 N–H and O–H groups in total. The Kier molecular flexibility index (Phi) is 4.40. The SMILES string of the molecule is Cc1cnc(COCc2ccc(Cl)cc2)c(C)c1N. The van der Waals surface area contributed by atoms with Gasteiger partial charge < -0.3 is 10.5 Å². The Morgan fingerprint density at radius 2 is 1.84 bits per heavy atom. The van der Waals surface area contributed by atoms with Gasteiger partial charge in [-0.2, -0.15) is 0 Å². The Balaban J connectivity index is 1.96. The Morgan fingerprint density at radius 1 is 1.16 bits per heavy atom. The molecule has 1 heterocycles. The van der Waals surface area contributed by atoms with Gasteiger partial charge in [-0.3, -0.25) is 4.98 Å². The van der Waals surface area contributed by atoms with Crippen LogP contribution in [0, 0.1) is 13.8 Å². The minimum atomic E-state index is 0.457. The fourth-order valence-electron chi connectivity index (χ4n) is 1.78. The van der Waals surface area contributed by atoms with Crippen molar-refractivity contribution >= 4 is 17.3 Å². The van der Waals surface area contributed by atoms with Crippen molar-refractivity contribution in [3.05, 3.63) is 57.9 Å². The van der Waals surface area contributed by atoms with Gasteiger partial charge in [0.2, 0.25) is 0 Å².